The number of halogens is 2. The average Bonchev–Trinajstić information content (AvgIpc) is 2.41. The van der Waals surface area contributed by atoms with E-state index in [0.717, 1.165) is 0 Å². The van der Waals surface area contributed by atoms with Gasteiger partial charge in [-0.15, -0.1) is 0 Å². The predicted molar refractivity (Wildman–Crippen MR) is 67.9 cm³/mol. The molecule has 2 aromatic rings. The van der Waals surface area contributed by atoms with Gasteiger partial charge in [0, 0.05) is 0 Å². The molecule has 0 amide bonds. The van der Waals surface area contributed by atoms with Gasteiger partial charge in [-0.25, -0.2) is 13.6 Å². The van der Waals surface area contributed by atoms with Gasteiger partial charge in [0.2, 0.25) is 0 Å². The molecule has 2 aromatic carbocycles. The summed E-state index contributed by atoms with van der Waals surface area (Å²) < 4.78 is 31.2. The monoisotopic (exact) mass is 262 g/mol. The smallest absolute Gasteiger partial charge is 0.340 e. The third-order valence-corrected chi connectivity index (χ3v) is 2.86. The molecular weight excluding hydrogens is 250 g/mol. The summed E-state index contributed by atoms with van der Waals surface area (Å²) in [6, 6.07) is 8.69. The van der Waals surface area contributed by atoms with E-state index in [1.54, 1.807) is 19.1 Å². The Morgan fingerprint density at radius 1 is 1.00 bits per heavy atom. The highest BCUT2D eigenvalue weighted by atomic mass is 19.1. The van der Waals surface area contributed by atoms with Crippen LogP contribution < -0.4 is 0 Å². The molecule has 0 N–H and O–H groups in total. The van der Waals surface area contributed by atoms with Crippen molar-refractivity contribution in [3.63, 3.8) is 0 Å². The summed E-state index contributed by atoms with van der Waals surface area (Å²) in [5.41, 5.74) is 1.69. The van der Waals surface area contributed by atoms with Crippen LogP contribution in [0.1, 0.15) is 15.9 Å². The number of hydrogen-bond donors (Lipinski definition) is 0. The van der Waals surface area contributed by atoms with Crippen LogP contribution >= 0.6 is 0 Å². The second-order valence-corrected chi connectivity index (χ2v) is 4.15. The van der Waals surface area contributed by atoms with Crippen LogP contribution in [0.2, 0.25) is 0 Å². The molecule has 0 saturated heterocycles. The Labute approximate surface area is 109 Å². The maximum Gasteiger partial charge on any atom is 0.340 e. The first-order valence-corrected chi connectivity index (χ1v) is 5.67. The van der Waals surface area contributed by atoms with Gasteiger partial charge < -0.3 is 4.74 Å². The molecule has 2 nitrogen and oxygen atoms in total. The number of hydrogen-bond acceptors (Lipinski definition) is 2. The summed E-state index contributed by atoms with van der Waals surface area (Å²) in [7, 11) is 1.19. The van der Waals surface area contributed by atoms with Gasteiger partial charge in [-0.2, -0.15) is 0 Å². The van der Waals surface area contributed by atoms with E-state index in [0.29, 0.717) is 16.7 Å². The molecule has 0 heterocycles. The summed E-state index contributed by atoms with van der Waals surface area (Å²) >= 11 is 0. The van der Waals surface area contributed by atoms with Crippen LogP contribution in [0.25, 0.3) is 11.1 Å². The number of ether oxygens (including phenoxy) is 1. The minimum Gasteiger partial charge on any atom is -0.465 e. The SMILES string of the molecule is COC(=O)c1cc(-c2ccc(F)c(C)c2)ccc1F. The number of rotatable bonds is 2. The Hall–Kier alpha value is -2.23. The van der Waals surface area contributed by atoms with E-state index in [2.05, 4.69) is 4.74 Å². The number of aryl methyl sites for hydroxylation is 1. The van der Waals surface area contributed by atoms with Gasteiger partial charge in [0.1, 0.15) is 11.6 Å². The van der Waals surface area contributed by atoms with Crippen molar-refractivity contribution in [2.45, 2.75) is 6.92 Å². The lowest BCUT2D eigenvalue weighted by atomic mass is 10.0. The van der Waals surface area contributed by atoms with E-state index in [-0.39, 0.29) is 11.4 Å². The molecular formula is C15H12F2O2. The third kappa shape index (κ3) is 2.62. The van der Waals surface area contributed by atoms with Crippen molar-refractivity contribution < 1.29 is 18.3 Å². The third-order valence-electron chi connectivity index (χ3n) is 2.86. The molecule has 0 fully saturated rings. The van der Waals surface area contributed by atoms with E-state index in [1.165, 1.54) is 31.4 Å². The first-order chi connectivity index (χ1) is 9.02. The molecule has 0 aliphatic heterocycles. The summed E-state index contributed by atoms with van der Waals surface area (Å²) in [5.74, 6) is -1.69. The predicted octanol–water partition coefficient (Wildman–Crippen LogP) is 3.73. The first-order valence-electron chi connectivity index (χ1n) is 5.67. The van der Waals surface area contributed by atoms with Crippen LogP contribution in [0.15, 0.2) is 36.4 Å². The summed E-state index contributed by atoms with van der Waals surface area (Å²) in [5, 5.41) is 0. The number of carbonyl (C=O) groups excluding carboxylic acids is 1. The molecule has 0 radical (unpaired) electrons. The number of esters is 1. The maximum absolute atomic E-state index is 13.5. The largest absolute Gasteiger partial charge is 0.465 e. The first kappa shape index (κ1) is 13.2. The van der Waals surface area contributed by atoms with Gasteiger partial charge in [0.25, 0.3) is 0 Å². The molecule has 0 unspecified atom stereocenters. The highest BCUT2D eigenvalue weighted by Crippen LogP contribution is 2.24. The van der Waals surface area contributed by atoms with E-state index < -0.39 is 11.8 Å². The van der Waals surface area contributed by atoms with Gasteiger partial charge >= 0.3 is 5.97 Å². The minimum atomic E-state index is -0.738. The maximum atomic E-state index is 13.5. The molecule has 0 bridgehead atoms. The summed E-state index contributed by atoms with van der Waals surface area (Å²) in [6.45, 7) is 1.64. The van der Waals surface area contributed by atoms with Crippen molar-refractivity contribution in [3.05, 3.63) is 59.2 Å². The van der Waals surface area contributed by atoms with Crippen LogP contribution in [0.4, 0.5) is 8.78 Å². The second kappa shape index (κ2) is 5.18. The fourth-order valence-corrected chi connectivity index (χ4v) is 1.80. The molecule has 0 saturated carbocycles. The molecule has 0 aliphatic carbocycles. The average molecular weight is 262 g/mol. The van der Waals surface area contributed by atoms with Crippen molar-refractivity contribution in [1.29, 1.82) is 0 Å². The second-order valence-electron chi connectivity index (χ2n) is 4.15. The molecule has 0 atom stereocenters. The lowest BCUT2D eigenvalue weighted by Gasteiger charge is -2.07. The Morgan fingerprint density at radius 3 is 2.16 bits per heavy atom. The van der Waals surface area contributed by atoms with Crippen molar-refractivity contribution in [2.24, 2.45) is 0 Å². The van der Waals surface area contributed by atoms with Crippen LogP contribution in [0.3, 0.4) is 0 Å². The molecule has 0 aliphatic rings. The van der Waals surface area contributed by atoms with Crippen LogP contribution in [0, 0.1) is 18.6 Å². The van der Waals surface area contributed by atoms with Crippen LogP contribution in [0.5, 0.6) is 0 Å². The number of carbonyl (C=O) groups is 1. The Bertz CT molecular complexity index is 636. The highest BCUT2D eigenvalue weighted by Gasteiger charge is 2.13. The van der Waals surface area contributed by atoms with Gasteiger partial charge in [0.05, 0.1) is 12.7 Å². The van der Waals surface area contributed by atoms with Gasteiger partial charge in [-0.1, -0.05) is 12.1 Å². The van der Waals surface area contributed by atoms with Crippen molar-refractivity contribution in [2.75, 3.05) is 7.11 Å². The van der Waals surface area contributed by atoms with Crippen LogP contribution in [-0.4, -0.2) is 13.1 Å². The molecule has 0 aromatic heterocycles. The zero-order valence-electron chi connectivity index (χ0n) is 10.5. The van der Waals surface area contributed by atoms with E-state index in [9.17, 15) is 13.6 Å². The van der Waals surface area contributed by atoms with Gasteiger partial charge in [-0.3, -0.25) is 0 Å². The van der Waals surface area contributed by atoms with Gasteiger partial charge in [0.15, 0.2) is 0 Å². The highest BCUT2D eigenvalue weighted by molar-refractivity contribution is 5.91. The topological polar surface area (TPSA) is 26.3 Å². The van der Waals surface area contributed by atoms with Crippen molar-refractivity contribution in [1.82, 2.24) is 0 Å². The lowest BCUT2D eigenvalue weighted by molar-refractivity contribution is 0.0595. The zero-order valence-corrected chi connectivity index (χ0v) is 10.5. The van der Waals surface area contributed by atoms with Crippen molar-refractivity contribution >= 4 is 5.97 Å². The zero-order chi connectivity index (χ0) is 14.0. The molecule has 2 rings (SSSR count). The fraction of sp³-hybridized carbons (Fsp3) is 0.133. The van der Waals surface area contributed by atoms with Crippen molar-refractivity contribution in [3.8, 4) is 11.1 Å². The fourth-order valence-electron chi connectivity index (χ4n) is 1.80. The number of benzene rings is 2. The normalized spacial score (nSPS) is 10.3. The van der Waals surface area contributed by atoms with Crippen LogP contribution in [-0.2, 0) is 4.74 Å². The summed E-state index contributed by atoms with van der Waals surface area (Å²) in [4.78, 5) is 11.4. The minimum absolute atomic E-state index is 0.137. The molecule has 4 heteroatoms. The number of methoxy groups -OCH3 is 1. The van der Waals surface area contributed by atoms with E-state index >= 15 is 0 Å². The molecule has 19 heavy (non-hydrogen) atoms. The Morgan fingerprint density at radius 2 is 1.58 bits per heavy atom. The molecule has 98 valence electrons. The standard InChI is InChI=1S/C15H12F2O2/c1-9-7-10(3-5-13(9)16)11-4-6-14(17)12(8-11)15(18)19-2/h3-8H,1-2H3. The Balaban J connectivity index is 2.51. The van der Waals surface area contributed by atoms with E-state index in [4.69, 9.17) is 0 Å². The molecule has 0 spiro atoms. The Kier molecular flexibility index (Phi) is 3.60. The van der Waals surface area contributed by atoms with E-state index in [1.807, 2.05) is 0 Å². The lowest BCUT2D eigenvalue weighted by Crippen LogP contribution is -2.04. The quantitative estimate of drug-likeness (QED) is 0.771. The van der Waals surface area contributed by atoms with Gasteiger partial charge in [-0.05, 0) is 47.9 Å². The summed E-state index contributed by atoms with van der Waals surface area (Å²) in [6.07, 6.45) is 0.